The van der Waals surface area contributed by atoms with E-state index in [0.29, 0.717) is 18.7 Å². The molecule has 0 radical (unpaired) electrons. The second-order valence-electron chi connectivity index (χ2n) is 5.20. The Labute approximate surface area is 145 Å². The van der Waals surface area contributed by atoms with Gasteiger partial charge in [0.05, 0.1) is 23.8 Å². The number of benzene rings is 1. The molecule has 2 rings (SSSR count). The Morgan fingerprint density at radius 2 is 2.20 bits per heavy atom. The van der Waals surface area contributed by atoms with Gasteiger partial charge in [-0.25, -0.2) is 0 Å². The molecule has 0 saturated heterocycles. The third kappa shape index (κ3) is 5.72. The molecule has 0 bridgehead atoms. The van der Waals surface area contributed by atoms with Crippen LogP contribution in [0.1, 0.15) is 24.6 Å². The molecule has 0 saturated carbocycles. The Morgan fingerprint density at radius 3 is 2.88 bits per heavy atom. The summed E-state index contributed by atoms with van der Waals surface area (Å²) < 4.78 is 5.36. The topological polar surface area (TPSA) is 94.4 Å². The molecule has 1 heterocycles. The molecule has 1 aromatic heterocycles. The molecule has 1 amide bonds. The second kappa shape index (κ2) is 9.17. The van der Waals surface area contributed by atoms with E-state index >= 15 is 0 Å². The van der Waals surface area contributed by atoms with Crippen LogP contribution in [0, 0.1) is 10.1 Å². The maximum atomic E-state index is 11.8. The van der Waals surface area contributed by atoms with Crippen molar-refractivity contribution in [1.29, 1.82) is 0 Å². The van der Waals surface area contributed by atoms with Gasteiger partial charge in [-0.1, -0.05) is 19.1 Å². The summed E-state index contributed by atoms with van der Waals surface area (Å²) in [5, 5.41) is 13.8. The van der Waals surface area contributed by atoms with Crippen LogP contribution in [-0.2, 0) is 11.3 Å². The van der Waals surface area contributed by atoms with Crippen LogP contribution in [0.4, 0.5) is 5.69 Å². The summed E-state index contributed by atoms with van der Waals surface area (Å²) >= 11 is 0. The van der Waals surface area contributed by atoms with Crippen molar-refractivity contribution in [2.45, 2.75) is 19.9 Å². The molecule has 0 unspecified atom stereocenters. The van der Waals surface area contributed by atoms with Crippen molar-refractivity contribution in [2.24, 2.45) is 0 Å². The highest BCUT2D eigenvalue weighted by Crippen LogP contribution is 2.28. The Morgan fingerprint density at radius 1 is 1.36 bits per heavy atom. The van der Waals surface area contributed by atoms with E-state index in [1.807, 2.05) is 19.1 Å². The summed E-state index contributed by atoms with van der Waals surface area (Å²) in [6.07, 6.45) is 5.26. The molecule has 2 aromatic rings. The van der Waals surface area contributed by atoms with Crippen LogP contribution >= 0.6 is 0 Å². The maximum Gasteiger partial charge on any atom is 0.311 e. The first-order valence-corrected chi connectivity index (χ1v) is 7.87. The van der Waals surface area contributed by atoms with Gasteiger partial charge in [-0.15, -0.1) is 0 Å². The quantitative estimate of drug-likeness (QED) is 0.452. The average Bonchev–Trinajstić information content (AvgIpc) is 2.64. The lowest BCUT2D eigenvalue weighted by Crippen LogP contribution is -2.20. The van der Waals surface area contributed by atoms with Crippen molar-refractivity contribution in [2.75, 3.05) is 6.61 Å². The Hall–Kier alpha value is -3.22. The van der Waals surface area contributed by atoms with Crippen molar-refractivity contribution in [3.63, 3.8) is 0 Å². The molecule has 0 aliphatic rings. The molecule has 7 nitrogen and oxygen atoms in total. The molecule has 130 valence electrons. The fourth-order valence-electron chi connectivity index (χ4n) is 2.03. The second-order valence-corrected chi connectivity index (χ2v) is 5.20. The van der Waals surface area contributed by atoms with Crippen LogP contribution in [0.15, 0.2) is 48.7 Å². The van der Waals surface area contributed by atoms with Crippen molar-refractivity contribution in [1.82, 2.24) is 10.3 Å². The average molecular weight is 341 g/mol. The lowest BCUT2D eigenvalue weighted by atomic mass is 10.1. The third-order valence-corrected chi connectivity index (χ3v) is 3.24. The number of nitrogens with zero attached hydrogens (tertiary/aromatic N) is 2. The number of amides is 1. The summed E-state index contributed by atoms with van der Waals surface area (Å²) in [4.78, 5) is 26.6. The van der Waals surface area contributed by atoms with Crippen LogP contribution in [-0.4, -0.2) is 22.4 Å². The van der Waals surface area contributed by atoms with E-state index in [1.54, 1.807) is 24.4 Å². The van der Waals surface area contributed by atoms with Gasteiger partial charge < -0.3 is 10.1 Å². The molecule has 0 aliphatic carbocycles. The molecule has 0 spiro atoms. The minimum absolute atomic E-state index is 0.121. The third-order valence-electron chi connectivity index (χ3n) is 3.24. The molecule has 1 aromatic carbocycles. The number of carbonyl (C=O) groups excluding carboxylic acids is 1. The summed E-state index contributed by atoms with van der Waals surface area (Å²) in [5.74, 6) is -0.0804. The van der Waals surface area contributed by atoms with Gasteiger partial charge in [0.25, 0.3) is 0 Å². The zero-order valence-electron chi connectivity index (χ0n) is 13.8. The first kappa shape index (κ1) is 18.1. The number of hydrogen-bond acceptors (Lipinski definition) is 5. The van der Waals surface area contributed by atoms with Crippen molar-refractivity contribution < 1.29 is 14.5 Å². The molecule has 1 N–H and O–H groups in total. The fraction of sp³-hybridized carbons (Fsp3) is 0.222. The van der Waals surface area contributed by atoms with Gasteiger partial charge in [0.1, 0.15) is 0 Å². The van der Waals surface area contributed by atoms with Gasteiger partial charge in [0.15, 0.2) is 5.75 Å². The van der Waals surface area contributed by atoms with Crippen LogP contribution in [0.5, 0.6) is 5.75 Å². The number of nitro groups is 1. The Balaban J connectivity index is 2.00. The Bertz CT molecular complexity index is 760. The first-order chi connectivity index (χ1) is 12.1. The highest BCUT2D eigenvalue weighted by Gasteiger charge is 2.15. The van der Waals surface area contributed by atoms with Gasteiger partial charge in [-0.05, 0) is 36.3 Å². The summed E-state index contributed by atoms with van der Waals surface area (Å²) in [7, 11) is 0. The number of aromatic nitrogens is 1. The van der Waals surface area contributed by atoms with E-state index in [9.17, 15) is 14.9 Å². The first-order valence-electron chi connectivity index (χ1n) is 7.87. The van der Waals surface area contributed by atoms with Crippen LogP contribution < -0.4 is 10.1 Å². The number of nitro benzene ring substituents is 1. The van der Waals surface area contributed by atoms with E-state index in [-0.39, 0.29) is 17.3 Å². The zero-order valence-corrected chi connectivity index (χ0v) is 13.8. The summed E-state index contributed by atoms with van der Waals surface area (Å²) in [6.45, 7) is 2.65. The largest absolute Gasteiger partial charge is 0.487 e. The van der Waals surface area contributed by atoms with Crippen LogP contribution in [0.25, 0.3) is 6.08 Å². The standard InChI is InChI=1S/C18H19N3O4/c1-2-11-25-17-8-6-14(12-16(17)21(23)24)7-9-18(22)20-13-15-5-3-4-10-19-15/h3-10,12H,2,11,13H2,1H3,(H,20,22)/b9-7+. The normalized spacial score (nSPS) is 10.6. The molecule has 0 atom stereocenters. The smallest absolute Gasteiger partial charge is 0.311 e. The van der Waals surface area contributed by atoms with E-state index in [2.05, 4.69) is 10.3 Å². The van der Waals surface area contributed by atoms with E-state index in [0.717, 1.165) is 12.1 Å². The predicted octanol–water partition coefficient (Wildman–Crippen LogP) is 3.11. The SMILES string of the molecule is CCCOc1ccc(/C=C/C(=O)NCc2ccccn2)cc1[N+](=O)[O-]. The summed E-state index contributed by atoms with van der Waals surface area (Å²) in [6, 6.07) is 10.0. The number of rotatable bonds is 8. The number of nitrogens with one attached hydrogen (secondary N) is 1. The van der Waals surface area contributed by atoms with E-state index < -0.39 is 4.92 Å². The Kier molecular flexibility index (Phi) is 6.65. The number of ether oxygens (including phenoxy) is 1. The molecule has 0 fully saturated rings. The van der Waals surface area contributed by atoms with Crippen molar-refractivity contribution in [3.05, 3.63) is 70.0 Å². The zero-order chi connectivity index (χ0) is 18.1. The molecule has 0 aliphatic heterocycles. The van der Waals surface area contributed by atoms with Crippen molar-refractivity contribution in [3.8, 4) is 5.75 Å². The molecule has 25 heavy (non-hydrogen) atoms. The van der Waals surface area contributed by atoms with Gasteiger partial charge in [-0.3, -0.25) is 19.9 Å². The number of pyridine rings is 1. The van der Waals surface area contributed by atoms with Crippen LogP contribution in [0.2, 0.25) is 0 Å². The van der Waals surface area contributed by atoms with Gasteiger partial charge >= 0.3 is 5.69 Å². The van der Waals surface area contributed by atoms with E-state index in [4.69, 9.17) is 4.74 Å². The van der Waals surface area contributed by atoms with Gasteiger partial charge in [-0.2, -0.15) is 0 Å². The van der Waals surface area contributed by atoms with Crippen molar-refractivity contribution >= 4 is 17.7 Å². The lowest BCUT2D eigenvalue weighted by molar-refractivity contribution is -0.385. The molecular formula is C18H19N3O4. The molecule has 7 heteroatoms. The fourth-order valence-corrected chi connectivity index (χ4v) is 2.03. The number of hydrogen-bond donors (Lipinski definition) is 1. The van der Waals surface area contributed by atoms with E-state index in [1.165, 1.54) is 18.2 Å². The summed E-state index contributed by atoms with van der Waals surface area (Å²) in [5.41, 5.74) is 1.17. The minimum atomic E-state index is -0.497. The molecular weight excluding hydrogens is 322 g/mol. The van der Waals surface area contributed by atoms with Crippen LogP contribution in [0.3, 0.4) is 0 Å². The highest BCUT2D eigenvalue weighted by molar-refractivity contribution is 5.91. The van der Waals surface area contributed by atoms with Gasteiger partial charge in [0.2, 0.25) is 5.91 Å². The number of carbonyl (C=O) groups is 1. The lowest BCUT2D eigenvalue weighted by Gasteiger charge is -2.06. The minimum Gasteiger partial charge on any atom is -0.487 e. The van der Waals surface area contributed by atoms with Gasteiger partial charge in [0, 0.05) is 18.3 Å². The maximum absolute atomic E-state index is 11.8. The highest BCUT2D eigenvalue weighted by atomic mass is 16.6. The monoisotopic (exact) mass is 341 g/mol. The predicted molar refractivity (Wildman–Crippen MR) is 94.0 cm³/mol.